The second-order valence-electron chi connectivity index (χ2n) is 8.71. The van der Waals surface area contributed by atoms with Crippen LogP contribution in [0.5, 0.6) is 11.5 Å². The summed E-state index contributed by atoms with van der Waals surface area (Å²) in [5.41, 5.74) is 4.35. The van der Waals surface area contributed by atoms with Crippen LogP contribution in [0.1, 0.15) is 30.4 Å². The molecule has 2 heterocycles. The van der Waals surface area contributed by atoms with Crippen molar-refractivity contribution in [1.82, 2.24) is 4.90 Å². The highest BCUT2D eigenvalue weighted by Gasteiger charge is 2.17. The van der Waals surface area contributed by atoms with Crippen LogP contribution in [-0.4, -0.2) is 38.3 Å². The number of benzene rings is 3. The molecule has 0 radical (unpaired) electrons. The van der Waals surface area contributed by atoms with Gasteiger partial charge >= 0.3 is 0 Å². The second kappa shape index (κ2) is 10.1. The fourth-order valence-corrected chi connectivity index (χ4v) is 4.64. The molecule has 33 heavy (non-hydrogen) atoms. The molecule has 0 saturated carbocycles. The number of piperidine rings is 1. The SMILES string of the molecule is COc1ccc2c(Cc3ccc(OCCN4CCCCC4)cc3)c(-c3ccccc3)oc2c1. The van der Waals surface area contributed by atoms with E-state index in [0.29, 0.717) is 0 Å². The van der Waals surface area contributed by atoms with Gasteiger partial charge in [-0.2, -0.15) is 0 Å². The maximum atomic E-state index is 6.33. The molecule has 0 unspecified atom stereocenters. The molecule has 3 aromatic carbocycles. The number of fused-ring (bicyclic) bond motifs is 1. The Labute approximate surface area is 195 Å². The van der Waals surface area contributed by atoms with Crippen LogP contribution in [0.4, 0.5) is 0 Å². The van der Waals surface area contributed by atoms with Gasteiger partial charge in [-0.1, -0.05) is 48.9 Å². The molecule has 1 aromatic heterocycles. The van der Waals surface area contributed by atoms with Gasteiger partial charge in [-0.25, -0.2) is 0 Å². The van der Waals surface area contributed by atoms with Crippen LogP contribution in [0.3, 0.4) is 0 Å². The molecule has 0 bridgehead atoms. The molecule has 0 aliphatic carbocycles. The van der Waals surface area contributed by atoms with Crippen LogP contribution >= 0.6 is 0 Å². The maximum Gasteiger partial charge on any atom is 0.138 e. The van der Waals surface area contributed by atoms with Crippen LogP contribution in [-0.2, 0) is 6.42 Å². The van der Waals surface area contributed by atoms with Gasteiger partial charge in [0.05, 0.1) is 7.11 Å². The van der Waals surface area contributed by atoms with Crippen molar-refractivity contribution in [1.29, 1.82) is 0 Å². The molecule has 1 fully saturated rings. The van der Waals surface area contributed by atoms with Crippen molar-refractivity contribution in [3.05, 3.63) is 83.9 Å². The summed E-state index contributed by atoms with van der Waals surface area (Å²) in [6, 6.07) is 24.8. The highest BCUT2D eigenvalue weighted by molar-refractivity contribution is 5.89. The van der Waals surface area contributed by atoms with Crippen LogP contribution in [0.2, 0.25) is 0 Å². The summed E-state index contributed by atoms with van der Waals surface area (Å²) < 4.78 is 17.7. The van der Waals surface area contributed by atoms with Crippen LogP contribution in [0.15, 0.2) is 77.2 Å². The Balaban J connectivity index is 1.33. The van der Waals surface area contributed by atoms with E-state index in [9.17, 15) is 0 Å². The zero-order chi connectivity index (χ0) is 22.5. The van der Waals surface area contributed by atoms with Crippen LogP contribution in [0, 0.1) is 0 Å². The Morgan fingerprint density at radius 2 is 1.61 bits per heavy atom. The first kappa shape index (κ1) is 21.6. The number of methoxy groups -OCH3 is 1. The summed E-state index contributed by atoms with van der Waals surface area (Å²) in [7, 11) is 1.68. The monoisotopic (exact) mass is 441 g/mol. The molecule has 0 spiro atoms. The van der Waals surface area contributed by atoms with Gasteiger partial charge in [-0.3, -0.25) is 4.90 Å². The topological polar surface area (TPSA) is 34.8 Å². The quantitative estimate of drug-likeness (QED) is 0.310. The lowest BCUT2D eigenvalue weighted by molar-refractivity contribution is 0.183. The third-order valence-electron chi connectivity index (χ3n) is 6.47. The Kier molecular flexibility index (Phi) is 6.63. The number of nitrogens with zero attached hydrogens (tertiary/aromatic N) is 1. The molecule has 0 amide bonds. The summed E-state index contributed by atoms with van der Waals surface area (Å²) in [5, 5.41) is 1.12. The second-order valence-corrected chi connectivity index (χ2v) is 8.71. The molecule has 170 valence electrons. The zero-order valence-electron chi connectivity index (χ0n) is 19.3. The van der Waals surface area contributed by atoms with Gasteiger partial charge in [0.2, 0.25) is 0 Å². The van der Waals surface area contributed by atoms with Gasteiger partial charge in [0.15, 0.2) is 0 Å². The lowest BCUT2D eigenvalue weighted by atomic mass is 9.98. The minimum absolute atomic E-state index is 0.742. The predicted octanol–water partition coefficient (Wildman–Crippen LogP) is 6.56. The molecule has 0 atom stereocenters. The van der Waals surface area contributed by atoms with Crippen molar-refractivity contribution >= 4 is 11.0 Å². The fraction of sp³-hybridized carbons (Fsp3) is 0.310. The van der Waals surface area contributed by atoms with E-state index in [1.54, 1.807) is 7.11 Å². The number of hydrogen-bond donors (Lipinski definition) is 0. The predicted molar refractivity (Wildman–Crippen MR) is 133 cm³/mol. The van der Waals surface area contributed by atoms with Crippen molar-refractivity contribution in [2.24, 2.45) is 0 Å². The average molecular weight is 442 g/mol. The molecular weight excluding hydrogens is 410 g/mol. The Bertz CT molecular complexity index is 1170. The number of ether oxygens (including phenoxy) is 2. The Hall–Kier alpha value is -3.24. The smallest absolute Gasteiger partial charge is 0.138 e. The Morgan fingerprint density at radius 3 is 2.36 bits per heavy atom. The van der Waals surface area contributed by atoms with Gasteiger partial charge in [0.25, 0.3) is 0 Å². The molecule has 1 aliphatic heterocycles. The van der Waals surface area contributed by atoms with Crippen LogP contribution in [0.25, 0.3) is 22.3 Å². The van der Waals surface area contributed by atoms with E-state index in [4.69, 9.17) is 13.9 Å². The number of likely N-dealkylation sites (tertiary alicyclic amines) is 1. The minimum Gasteiger partial charge on any atom is -0.497 e. The summed E-state index contributed by atoms with van der Waals surface area (Å²) >= 11 is 0. The highest BCUT2D eigenvalue weighted by Crippen LogP contribution is 2.36. The number of hydrogen-bond acceptors (Lipinski definition) is 4. The first-order chi connectivity index (χ1) is 16.3. The van der Waals surface area contributed by atoms with Gasteiger partial charge < -0.3 is 13.9 Å². The molecular formula is C29H31NO3. The Morgan fingerprint density at radius 1 is 0.848 bits per heavy atom. The summed E-state index contributed by atoms with van der Waals surface area (Å²) in [5.74, 6) is 2.65. The lowest BCUT2D eigenvalue weighted by Crippen LogP contribution is -2.33. The van der Waals surface area contributed by atoms with Gasteiger partial charge in [-0.15, -0.1) is 0 Å². The van der Waals surface area contributed by atoms with Crippen molar-refractivity contribution in [2.45, 2.75) is 25.7 Å². The number of furan rings is 1. The highest BCUT2D eigenvalue weighted by atomic mass is 16.5. The van der Waals surface area contributed by atoms with E-state index >= 15 is 0 Å². The van der Waals surface area contributed by atoms with E-state index in [2.05, 4.69) is 47.4 Å². The van der Waals surface area contributed by atoms with Gasteiger partial charge in [0, 0.05) is 35.5 Å². The van der Waals surface area contributed by atoms with E-state index in [1.807, 2.05) is 30.3 Å². The largest absolute Gasteiger partial charge is 0.497 e. The van der Waals surface area contributed by atoms with Crippen LogP contribution < -0.4 is 9.47 Å². The van der Waals surface area contributed by atoms with Crippen molar-refractivity contribution in [3.8, 4) is 22.8 Å². The molecule has 4 nitrogen and oxygen atoms in total. The lowest BCUT2D eigenvalue weighted by Gasteiger charge is -2.26. The van der Waals surface area contributed by atoms with Crippen molar-refractivity contribution in [3.63, 3.8) is 0 Å². The normalized spacial score (nSPS) is 14.5. The molecule has 4 aromatic rings. The molecule has 1 aliphatic rings. The standard InChI is InChI=1S/C29H31NO3/c1-31-25-14-15-26-27(29(33-28(26)21-25)23-8-4-2-5-9-23)20-22-10-12-24(13-11-22)32-19-18-30-16-6-3-7-17-30/h2,4-5,8-15,21H,3,6-7,16-20H2,1H3. The molecule has 5 rings (SSSR count). The van der Waals surface area contributed by atoms with Crippen molar-refractivity contribution in [2.75, 3.05) is 33.4 Å². The molecule has 1 saturated heterocycles. The summed E-state index contributed by atoms with van der Waals surface area (Å²) in [6.45, 7) is 4.16. The minimum atomic E-state index is 0.742. The zero-order valence-corrected chi connectivity index (χ0v) is 19.3. The van der Waals surface area contributed by atoms with E-state index in [0.717, 1.165) is 53.4 Å². The van der Waals surface area contributed by atoms with Gasteiger partial charge in [0.1, 0.15) is 29.4 Å². The van der Waals surface area contributed by atoms with Crippen molar-refractivity contribution < 1.29 is 13.9 Å². The van der Waals surface area contributed by atoms with Gasteiger partial charge in [-0.05, 0) is 55.8 Å². The third kappa shape index (κ3) is 5.07. The first-order valence-corrected chi connectivity index (χ1v) is 11.9. The summed E-state index contributed by atoms with van der Waals surface area (Å²) in [6.07, 6.45) is 4.78. The third-order valence-corrected chi connectivity index (χ3v) is 6.47. The van der Waals surface area contributed by atoms with E-state index in [-0.39, 0.29) is 0 Å². The first-order valence-electron chi connectivity index (χ1n) is 11.9. The number of rotatable bonds is 8. The summed E-state index contributed by atoms with van der Waals surface area (Å²) in [4.78, 5) is 2.50. The maximum absolute atomic E-state index is 6.33. The molecule has 4 heteroatoms. The molecule has 0 N–H and O–H groups in total. The van der Waals surface area contributed by atoms with E-state index < -0.39 is 0 Å². The van der Waals surface area contributed by atoms with E-state index in [1.165, 1.54) is 43.5 Å². The average Bonchev–Trinajstić information content (AvgIpc) is 3.23. The fourth-order valence-electron chi connectivity index (χ4n) is 4.64.